The smallest absolute Gasteiger partial charge is 0.289 e. The lowest BCUT2D eigenvalue weighted by Crippen LogP contribution is -2.49. The molecule has 2 heterocycles. The van der Waals surface area contributed by atoms with Crippen molar-refractivity contribution >= 4 is 39.6 Å². The number of hydrogen-bond acceptors (Lipinski definition) is 5. The van der Waals surface area contributed by atoms with Crippen molar-refractivity contribution in [3.8, 4) is 5.75 Å². The first-order chi connectivity index (χ1) is 13.1. The number of carbonyl (C=O) groups is 3. The minimum absolute atomic E-state index is 0.0135. The van der Waals surface area contributed by atoms with Gasteiger partial charge in [-0.15, -0.1) is 0 Å². The molecule has 7 heteroatoms. The number of imide groups is 1. The number of amides is 3. The van der Waals surface area contributed by atoms with Crippen molar-refractivity contribution in [2.24, 2.45) is 0 Å². The maximum atomic E-state index is 12.4. The number of ether oxygens (including phenoxy) is 1. The Balaban J connectivity index is 1.30. The van der Waals surface area contributed by atoms with E-state index in [0.29, 0.717) is 31.7 Å². The van der Waals surface area contributed by atoms with Crippen LogP contribution in [0, 0.1) is 0 Å². The van der Waals surface area contributed by atoms with Crippen molar-refractivity contribution < 1.29 is 19.1 Å². The number of fused-ring (bicyclic) bond motifs is 1. The number of hydrogen-bond donors (Lipinski definition) is 0. The molecule has 0 atom stereocenters. The van der Waals surface area contributed by atoms with Crippen LogP contribution in [0.15, 0.2) is 42.5 Å². The van der Waals surface area contributed by atoms with Gasteiger partial charge in [0, 0.05) is 19.1 Å². The molecule has 27 heavy (non-hydrogen) atoms. The summed E-state index contributed by atoms with van der Waals surface area (Å²) in [6, 6.07) is 13.7. The van der Waals surface area contributed by atoms with Crippen LogP contribution in [0.2, 0.25) is 0 Å². The Bertz CT molecular complexity index is 876. The lowest BCUT2D eigenvalue weighted by atomic mass is 10.0. The van der Waals surface area contributed by atoms with Crippen LogP contribution in [0.3, 0.4) is 0 Å². The molecule has 0 bridgehead atoms. The zero-order valence-electron chi connectivity index (χ0n) is 14.8. The van der Waals surface area contributed by atoms with E-state index in [2.05, 4.69) is 0 Å². The second-order valence-corrected chi connectivity index (χ2v) is 7.65. The monoisotopic (exact) mass is 384 g/mol. The fraction of sp³-hybridized carbons (Fsp3) is 0.350. The van der Waals surface area contributed by atoms with Gasteiger partial charge in [0.2, 0.25) is 5.91 Å². The molecule has 0 unspecified atom stereocenters. The lowest BCUT2D eigenvalue weighted by molar-refractivity contribution is -0.135. The van der Waals surface area contributed by atoms with E-state index in [4.69, 9.17) is 4.74 Å². The summed E-state index contributed by atoms with van der Waals surface area (Å²) in [5, 5.41) is 2.04. The van der Waals surface area contributed by atoms with Gasteiger partial charge >= 0.3 is 0 Å². The minimum atomic E-state index is -0.163. The van der Waals surface area contributed by atoms with Crippen molar-refractivity contribution in [3.63, 3.8) is 0 Å². The average molecular weight is 384 g/mol. The van der Waals surface area contributed by atoms with Gasteiger partial charge in [-0.3, -0.25) is 19.3 Å². The summed E-state index contributed by atoms with van der Waals surface area (Å²) in [5.74, 6) is 0.712. The highest BCUT2D eigenvalue weighted by atomic mass is 32.2. The predicted molar refractivity (Wildman–Crippen MR) is 104 cm³/mol. The first kappa shape index (κ1) is 17.9. The molecule has 0 radical (unpaired) electrons. The van der Waals surface area contributed by atoms with Crippen LogP contribution in [0.1, 0.15) is 12.8 Å². The van der Waals surface area contributed by atoms with Crippen LogP contribution in [0.4, 0.5) is 4.79 Å². The van der Waals surface area contributed by atoms with E-state index in [-0.39, 0.29) is 35.5 Å². The van der Waals surface area contributed by atoms with Gasteiger partial charge in [-0.05, 0) is 35.7 Å². The predicted octanol–water partition coefficient (Wildman–Crippen LogP) is 2.91. The summed E-state index contributed by atoms with van der Waals surface area (Å²) in [6.45, 7) is 1.05. The third kappa shape index (κ3) is 3.78. The summed E-state index contributed by atoms with van der Waals surface area (Å²) < 4.78 is 5.68. The quantitative estimate of drug-likeness (QED) is 0.811. The highest BCUT2D eigenvalue weighted by molar-refractivity contribution is 8.14. The number of likely N-dealkylation sites (tertiary alicyclic amines) is 1. The highest BCUT2D eigenvalue weighted by Crippen LogP contribution is 2.27. The summed E-state index contributed by atoms with van der Waals surface area (Å²) in [7, 11) is 0. The Hall–Kier alpha value is -2.54. The average Bonchev–Trinajstić information content (AvgIpc) is 3.04. The molecule has 3 amide bonds. The number of thioether (sulfide) groups is 1. The van der Waals surface area contributed by atoms with Crippen molar-refractivity contribution in [3.05, 3.63) is 42.5 Å². The molecule has 0 spiro atoms. The topological polar surface area (TPSA) is 66.9 Å². The second kappa shape index (κ2) is 7.60. The Kier molecular flexibility index (Phi) is 5.03. The summed E-state index contributed by atoms with van der Waals surface area (Å²) in [5.41, 5.74) is 0. The maximum Gasteiger partial charge on any atom is 0.289 e. The van der Waals surface area contributed by atoms with E-state index in [1.54, 1.807) is 4.90 Å². The van der Waals surface area contributed by atoms with E-state index in [1.165, 1.54) is 4.90 Å². The van der Waals surface area contributed by atoms with Crippen LogP contribution in [-0.2, 0) is 9.59 Å². The number of carbonyl (C=O) groups excluding carboxylic acids is 3. The van der Waals surface area contributed by atoms with Gasteiger partial charge in [0.15, 0.2) is 6.61 Å². The van der Waals surface area contributed by atoms with Crippen LogP contribution in [-0.4, -0.2) is 58.3 Å². The maximum absolute atomic E-state index is 12.4. The van der Waals surface area contributed by atoms with E-state index >= 15 is 0 Å². The van der Waals surface area contributed by atoms with E-state index in [9.17, 15) is 14.4 Å². The van der Waals surface area contributed by atoms with Gasteiger partial charge in [0.25, 0.3) is 11.1 Å². The van der Waals surface area contributed by atoms with Crippen molar-refractivity contribution in [1.82, 2.24) is 9.80 Å². The van der Waals surface area contributed by atoms with Crippen molar-refractivity contribution in [2.75, 3.05) is 25.4 Å². The fourth-order valence-corrected chi connectivity index (χ4v) is 4.36. The molecular formula is C20H20N2O4S. The number of rotatable bonds is 4. The van der Waals surface area contributed by atoms with Crippen molar-refractivity contribution in [2.45, 2.75) is 18.9 Å². The highest BCUT2D eigenvalue weighted by Gasteiger charge is 2.37. The third-order valence-electron chi connectivity index (χ3n) is 5.05. The molecule has 6 nitrogen and oxygen atoms in total. The molecule has 2 saturated heterocycles. The Morgan fingerprint density at radius 3 is 2.52 bits per heavy atom. The van der Waals surface area contributed by atoms with Crippen LogP contribution < -0.4 is 4.74 Å². The Morgan fingerprint density at radius 2 is 1.81 bits per heavy atom. The normalized spacial score (nSPS) is 18.4. The van der Waals surface area contributed by atoms with Crippen LogP contribution in [0.25, 0.3) is 10.8 Å². The Morgan fingerprint density at radius 1 is 1.07 bits per heavy atom. The van der Waals surface area contributed by atoms with E-state index in [1.807, 2.05) is 42.5 Å². The molecule has 2 fully saturated rings. The molecule has 140 valence electrons. The molecule has 2 aliphatic heterocycles. The third-order valence-corrected chi connectivity index (χ3v) is 5.89. The zero-order valence-corrected chi connectivity index (χ0v) is 15.6. The summed E-state index contributed by atoms with van der Waals surface area (Å²) in [4.78, 5) is 39.2. The molecule has 2 aliphatic rings. The number of piperidine rings is 1. The van der Waals surface area contributed by atoms with Gasteiger partial charge in [-0.25, -0.2) is 0 Å². The molecule has 2 aromatic rings. The van der Waals surface area contributed by atoms with Crippen LogP contribution >= 0.6 is 11.8 Å². The van der Waals surface area contributed by atoms with Gasteiger partial charge in [0.05, 0.1) is 5.75 Å². The first-order valence-corrected chi connectivity index (χ1v) is 9.98. The summed E-state index contributed by atoms with van der Waals surface area (Å²) in [6.07, 6.45) is 1.25. The Labute approximate surface area is 161 Å². The number of benzene rings is 2. The van der Waals surface area contributed by atoms with Crippen molar-refractivity contribution in [1.29, 1.82) is 0 Å². The molecule has 4 rings (SSSR count). The molecule has 0 saturated carbocycles. The number of nitrogens with zero attached hydrogens (tertiary/aromatic N) is 2. The lowest BCUT2D eigenvalue weighted by Gasteiger charge is -2.35. The molecule has 0 aromatic heterocycles. The summed E-state index contributed by atoms with van der Waals surface area (Å²) >= 11 is 1.06. The van der Waals surface area contributed by atoms with Gasteiger partial charge < -0.3 is 9.64 Å². The molecular weight excluding hydrogens is 364 g/mol. The SMILES string of the molecule is O=C(COc1ccc2ccccc2c1)N1CCC(N2C(=O)CSC2=O)CC1. The largest absolute Gasteiger partial charge is 0.484 e. The standard InChI is InChI=1S/C20H20N2O4S/c23-18(12-26-17-6-5-14-3-1-2-4-15(14)11-17)21-9-7-16(8-10-21)22-19(24)13-27-20(22)25/h1-6,11,16H,7-10,12-13H2. The second-order valence-electron chi connectivity index (χ2n) is 6.73. The molecule has 2 aromatic carbocycles. The van der Waals surface area contributed by atoms with Gasteiger partial charge in [-0.1, -0.05) is 42.1 Å². The molecule has 0 N–H and O–H groups in total. The minimum Gasteiger partial charge on any atom is -0.484 e. The zero-order chi connectivity index (χ0) is 18.8. The van der Waals surface area contributed by atoms with E-state index in [0.717, 1.165) is 22.5 Å². The van der Waals surface area contributed by atoms with Gasteiger partial charge in [0.1, 0.15) is 5.75 Å². The fourth-order valence-electron chi connectivity index (χ4n) is 3.58. The molecule has 0 aliphatic carbocycles. The first-order valence-electron chi connectivity index (χ1n) is 9.00. The van der Waals surface area contributed by atoms with Crippen LogP contribution in [0.5, 0.6) is 5.75 Å². The van der Waals surface area contributed by atoms with E-state index < -0.39 is 0 Å². The van der Waals surface area contributed by atoms with Gasteiger partial charge in [-0.2, -0.15) is 0 Å².